The Morgan fingerprint density at radius 1 is 1.62 bits per heavy atom. The normalized spacial score (nSPS) is 14.0. The van der Waals surface area contributed by atoms with Crippen LogP contribution in [0.15, 0.2) is 24.5 Å². The maximum Gasteiger partial charge on any atom is 0.210 e. The van der Waals surface area contributed by atoms with Crippen LogP contribution in [0.1, 0.15) is 10.9 Å². The minimum absolute atomic E-state index is 0.278. The van der Waals surface area contributed by atoms with Crippen LogP contribution >= 0.6 is 11.6 Å². The number of sulfonamides is 1. The molecule has 1 aromatic rings. The van der Waals surface area contributed by atoms with E-state index >= 15 is 0 Å². The van der Waals surface area contributed by atoms with E-state index in [0.29, 0.717) is 5.56 Å². The van der Waals surface area contributed by atoms with Crippen LogP contribution in [0.4, 0.5) is 0 Å². The Bertz CT molecular complexity index is 365. The van der Waals surface area contributed by atoms with E-state index in [1.807, 2.05) is 0 Å². The fourth-order valence-electron chi connectivity index (χ4n) is 0.861. The number of nitrogens with two attached hydrogens (primary N) is 1. The standard InChI is InChI=1S/C7H9ClN2O2S/c8-7(5-13(9,11)12)6-2-1-3-10-4-6/h1-4,7H,5H2,(H2,9,11,12). The molecule has 1 heterocycles. The molecule has 0 aromatic carbocycles. The molecule has 0 aliphatic rings. The highest BCUT2D eigenvalue weighted by Gasteiger charge is 2.14. The first-order chi connectivity index (χ1) is 5.99. The van der Waals surface area contributed by atoms with Gasteiger partial charge in [0.2, 0.25) is 10.0 Å². The summed E-state index contributed by atoms with van der Waals surface area (Å²) in [4.78, 5) is 3.82. The Balaban J connectivity index is 2.76. The van der Waals surface area contributed by atoms with Crippen molar-refractivity contribution in [3.05, 3.63) is 30.1 Å². The first-order valence-electron chi connectivity index (χ1n) is 3.53. The number of pyridine rings is 1. The molecule has 4 nitrogen and oxygen atoms in total. The molecule has 0 bridgehead atoms. The first kappa shape index (κ1) is 10.4. The zero-order valence-electron chi connectivity index (χ0n) is 6.72. The summed E-state index contributed by atoms with van der Waals surface area (Å²) in [6.07, 6.45) is 3.10. The van der Waals surface area contributed by atoms with Gasteiger partial charge in [-0.1, -0.05) is 6.07 Å². The van der Waals surface area contributed by atoms with Gasteiger partial charge in [0.1, 0.15) is 0 Å². The van der Waals surface area contributed by atoms with Crippen molar-refractivity contribution in [3.63, 3.8) is 0 Å². The molecule has 0 saturated heterocycles. The lowest BCUT2D eigenvalue weighted by molar-refractivity contribution is 0.596. The van der Waals surface area contributed by atoms with Crippen LogP contribution in [0.3, 0.4) is 0 Å². The maximum absolute atomic E-state index is 10.7. The van der Waals surface area contributed by atoms with Gasteiger partial charge in [0.15, 0.2) is 0 Å². The molecule has 0 aliphatic heterocycles. The largest absolute Gasteiger partial charge is 0.264 e. The number of primary sulfonamides is 1. The van der Waals surface area contributed by atoms with Gasteiger partial charge < -0.3 is 0 Å². The van der Waals surface area contributed by atoms with Crippen molar-refractivity contribution in [2.24, 2.45) is 5.14 Å². The van der Waals surface area contributed by atoms with Crippen LogP contribution in [-0.2, 0) is 10.0 Å². The lowest BCUT2D eigenvalue weighted by Crippen LogP contribution is -2.19. The highest BCUT2D eigenvalue weighted by atomic mass is 35.5. The van der Waals surface area contributed by atoms with Crippen LogP contribution in [0, 0.1) is 0 Å². The summed E-state index contributed by atoms with van der Waals surface area (Å²) < 4.78 is 21.4. The number of nitrogens with zero attached hydrogens (tertiary/aromatic N) is 1. The minimum Gasteiger partial charge on any atom is -0.264 e. The number of hydrogen-bond acceptors (Lipinski definition) is 3. The second-order valence-corrected chi connectivity index (χ2v) is 4.77. The van der Waals surface area contributed by atoms with E-state index in [1.165, 1.54) is 6.20 Å². The van der Waals surface area contributed by atoms with Gasteiger partial charge in [0, 0.05) is 12.4 Å². The molecule has 6 heteroatoms. The van der Waals surface area contributed by atoms with Gasteiger partial charge in [-0.15, -0.1) is 11.6 Å². The Morgan fingerprint density at radius 2 is 2.31 bits per heavy atom. The van der Waals surface area contributed by atoms with E-state index in [9.17, 15) is 8.42 Å². The molecule has 1 atom stereocenters. The van der Waals surface area contributed by atoms with Crippen molar-refractivity contribution < 1.29 is 8.42 Å². The third-order valence-electron chi connectivity index (χ3n) is 1.42. The summed E-state index contributed by atoms with van der Waals surface area (Å²) in [5.41, 5.74) is 0.651. The summed E-state index contributed by atoms with van der Waals surface area (Å²) in [6, 6.07) is 3.39. The second kappa shape index (κ2) is 4.04. The molecule has 1 aromatic heterocycles. The van der Waals surface area contributed by atoms with E-state index in [0.717, 1.165) is 0 Å². The maximum atomic E-state index is 10.7. The molecule has 0 amide bonds. The van der Waals surface area contributed by atoms with E-state index < -0.39 is 15.4 Å². The monoisotopic (exact) mass is 220 g/mol. The van der Waals surface area contributed by atoms with Crippen LogP contribution in [-0.4, -0.2) is 19.2 Å². The topological polar surface area (TPSA) is 73.1 Å². The predicted molar refractivity (Wildman–Crippen MR) is 50.8 cm³/mol. The van der Waals surface area contributed by atoms with Crippen molar-refractivity contribution in [2.75, 3.05) is 5.75 Å². The van der Waals surface area contributed by atoms with E-state index in [2.05, 4.69) is 4.98 Å². The Kier molecular flexibility index (Phi) is 3.24. The molecule has 0 aliphatic carbocycles. The highest BCUT2D eigenvalue weighted by Crippen LogP contribution is 2.19. The zero-order chi connectivity index (χ0) is 9.90. The molecule has 2 N–H and O–H groups in total. The highest BCUT2D eigenvalue weighted by molar-refractivity contribution is 7.89. The number of rotatable bonds is 3. The number of halogens is 1. The summed E-state index contributed by atoms with van der Waals surface area (Å²) >= 11 is 5.79. The molecule has 1 unspecified atom stereocenters. The molecular formula is C7H9ClN2O2S. The summed E-state index contributed by atoms with van der Waals surface area (Å²) in [5.74, 6) is -0.278. The lowest BCUT2D eigenvalue weighted by Gasteiger charge is -2.06. The Morgan fingerprint density at radius 3 is 2.77 bits per heavy atom. The fraction of sp³-hybridized carbons (Fsp3) is 0.286. The van der Waals surface area contributed by atoms with E-state index in [4.69, 9.17) is 16.7 Å². The second-order valence-electron chi connectivity index (χ2n) is 2.58. The van der Waals surface area contributed by atoms with E-state index in [-0.39, 0.29) is 5.75 Å². The number of aromatic nitrogens is 1. The van der Waals surface area contributed by atoms with Crippen LogP contribution < -0.4 is 5.14 Å². The van der Waals surface area contributed by atoms with Crippen molar-refractivity contribution >= 4 is 21.6 Å². The van der Waals surface area contributed by atoms with Crippen LogP contribution in [0.2, 0.25) is 0 Å². The third kappa shape index (κ3) is 3.71. The third-order valence-corrected chi connectivity index (χ3v) is 2.81. The molecule has 0 spiro atoms. The molecule has 0 fully saturated rings. The average Bonchev–Trinajstić information content (AvgIpc) is 2.03. The average molecular weight is 221 g/mol. The quantitative estimate of drug-likeness (QED) is 0.761. The molecule has 72 valence electrons. The molecule has 0 saturated carbocycles. The summed E-state index contributed by atoms with van der Waals surface area (Å²) in [6.45, 7) is 0. The SMILES string of the molecule is NS(=O)(=O)CC(Cl)c1cccnc1. The molecule has 1 rings (SSSR count). The zero-order valence-corrected chi connectivity index (χ0v) is 8.29. The predicted octanol–water partition coefficient (Wildman–Crippen LogP) is 0.650. The van der Waals surface area contributed by atoms with Crippen molar-refractivity contribution in [1.29, 1.82) is 0 Å². The van der Waals surface area contributed by atoms with Gasteiger partial charge >= 0.3 is 0 Å². The fourth-order valence-corrected chi connectivity index (χ4v) is 2.12. The lowest BCUT2D eigenvalue weighted by atomic mass is 10.2. The van der Waals surface area contributed by atoms with Crippen LogP contribution in [0.25, 0.3) is 0 Å². The summed E-state index contributed by atoms with van der Waals surface area (Å²) in [5, 5.41) is 4.21. The van der Waals surface area contributed by atoms with Crippen molar-refractivity contribution in [1.82, 2.24) is 4.98 Å². The number of hydrogen-bond donors (Lipinski definition) is 1. The molecule has 0 radical (unpaired) electrons. The van der Waals surface area contributed by atoms with Crippen molar-refractivity contribution in [2.45, 2.75) is 5.38 Å². The minimum atomic E-state index is -3.53. The van der Waals surface area contributed by atoms with Gasteiger partial charge in [-0.2, -0.15) is 0 Å². The number of alkyl halides is 1. The van der Waals surface area contributed by atoms with Gasteiger partial charge in [0.05, 0.1) is 11.1 Å². The first-order valence-corrected chi connectivity index (χ1v) is 5.69. The van der Waals surface area contributed by atoms with Crippen LogP contribution in [0.5, 0.6) is 0 Å². The van der Waals surface area contributed by atoms with E-state index in [1.54, 1.807) is 18.3 Å². The molecular weight excluding hydrogens is 212 g/mol. The van der Waals surface area contributed by atoms with Gasteiger partial charge in [-0.05, 0) is 11.6 Å². The summed E-state index contributed by atoms with van der Waals surface area (Å²) in [7, 11) is -3.53. The Hall–Kier alpha value is -0.650. The Labute approximate surface area is 81.8 Å². The van der Waals surface area contributed by atoms with Gasteiger partial charge in [-0.25, -0.2) is 13.6 Å². The smallest absolute Gasteiger partial charge is 0.210 e. The van der Waals surface area contributed by atoms with Gasteiger partial charge in [-0.3, -0.25) is 4.98 Å². The molecule has 13 heavy (non-hydrogen) atoms. The van der Waals surface area contributed by atoms with Gasteiger partial charge in [0.25, 0.3) is 0 Å². The van der Waals surface area contributed by atoms with Crippen molar-refractivity contribution in [3.8, 4) is 0 Å².